The van der Waals surface area contributed by atoms with Crippen molar-refractivity contribution in [2.24, 2.45) is 4.99 Å². The Labute approximate surface area is 183 Å². The van der Waals surface area contributed by atoms with Gasteiger partial charge in [-0.3, -0.25) is 14.5 Å². The highest BCUT2D eigenvalue weighted by Crippen LogP contribution is 2.49. The Morgan fingerprint density at radius 2 is 1.97 bits per heavy atom. The quantitative estimate of drug-likeness (QED) is 0.430. The van der Waals surface area contributed by atoms with Crippen LogP contribution in [-0.2, 0) is 0 Å². The highest BCUT2D eigenvalue weighted by atomic mass is 32.2. The van der Waals surface area contributed by atoms with Gasteiger partial charge < -0.3 is 4.90 Å². The van der Waals surface area contributed by atoms with E-state index in [1.807, 2.05) is 30.1 Å². The number of thioether (sulfide) groups is 1. The predicted molar refractivity (Wildman–Crippen MR) is 124 cm³/mol. The maximum atomic E-state index is 5.15. The molecule has 30 heavy (non-hydrogen) atoms. The van der Waals surface area contributed by atoms with Gasteiger partial charge in [-0.25, -0.2) is 4.98 Å². The average Bonchev–Trinajstić information content (AvgIpc) is 3.55. The number of pyridine rings is 1. The van der Waals surface area contributed by atoms with Crippen LogP contribution in [0.4, 0.5) is 0 Å². The number of fused-ring (bicyclic) bond motifs is 2. The van der Waals surface area contributed by atoms with Crippen molar-refractivity contribution in [1.29, 1.82) is 0 Å². The SMILES string of the molecule is CC[C@H]1CSC2=N[C@@H](c3ccccn3)[C@@H](c3cccn3-c3nc4ccccc4s3)N21. The van der Waals surface area contributed by atoms with Crippen molar-refractivity contribution in [3.05, 3.63) is 78.4 Å². The summed E-state index contributed by atoms with van der Waals surface area (Å²) in [5.74, 6) is 1.10. The average molecular weight is 432 g/mol. The van der Waals surface area contributed by atoms with Crippen LogP contribution in [-0.4, -0.2) is 36.4 Å². The largest absolute Gasteiger partial charge is 0.337 e. The van der Waals surface area contributed by atoms with Crippen molar-refractivity contribution in [2.75, 3.05) is 5.75 Å². The molecule has 2 aliphatic heterocycles. The molecule has 1 fully saturated rings. The molecule has 3 aromatic heterocycles. The molecule has 0 radical (unpaired) electrons. The Kier molecular flexibility index (Phi) is 4.39. The van der Waals surface area contributed by atoms with E-state index in [9.17, 15) is 0 Å². The molecule has 0 amide bonds. The summed E-state index contributed by atoms with van der Waals surface area (Å²) in [5, 5.41) is 2.16. The fourth-order valence-electron chi connectivity index (χ4n) is 4.44. The summed E-state index contributed by atoms with van der Waals surface area (Å²) in [7, 11) is 0. The van der Waals surface area contributed by atoms with Gasteiger partial charge in [0.05, 0.1) is 21.6 Å². The highest BCUT2D eigenvalue weighted by molar-refractivity contribution is 8.14. The van der Waals surface area contributed by atoms with E-state index in [1.54, 1.807) is 11.3 Å². The molecule has 5 heterocycles. The summed E-state index contributed by atoms with van der Waals surface area (Å²) in [4.78, 5) is 17.3. The van der Waals surface area contributed by atoms with Gasteiger partial charge in [0.25, 0.3) is 0 Å². The van der Waals surface area contributed by atoms with E-state index in [0.29, 0.717) is 6.04 Å². The smallest absolute Gasteiger partial charge is 0.194 e. The zero-order valence-corrected chi connectivity index (χ0v) is 18.2. The molecule has 0 saturated carbocycles. The summed E-state index contributed by atoms with van der Waals surface area (Å²) >= 11 is 3.61. The zero-order chi connectivity index (χ0) is 20.1. The minimum absolute atomic E-state index is 0.00826. The summed E-state index contributed by atoms with van der Waals surface area (Å²) in [5.41, 5.74) is 3.30. The van der Waals surface area contributed by atoms with Crippen LogP contribution in [0.3, 0.4) is 0 Å². The van der Waals surface area contributed by atoms with E-state index >= 15 is 0 Å². The fraction of sp³-hybridized carbons (Fsp3) is 0.261. The Bertz CT molecular complexity index is 1200. The lowest BCUT2D eigenvalue weighted by Gasteiger charge is -2.32. The first-order chi connectivity index (χ1) is 14.8. The van der Waals surface area contributed by atoms with Crippen LogP contribution in [0, 0.1) is 0 Å². The first kappa shape index (κ1) is 18.2. The molecule has 0 spiro atoms. The summed E-state index contributed by atoms with van der Waals surface area (Å²) < 4.78 is 3.46. The minimum Gasteiger partial charge on any atom is -0.337 e. The van der Waals surface area contributed by atoms with Gasteiger partial charge in [-0.2, -0.15) is 0 Å². The van der Waals surface area contributed by atoms with Gasteiger partial charge in [-0.1, -0.05) is 48.2 Å². The van der Waals surface area contributed by atoms with Crippen LogP contribution in [0.5, 0.6) is 0 Å². The monoisotopic (exact) mass is 431 g/mol. The van der Waals surface area contributed by atoms with E-state index in [1.165, 1.54) is 10.4 Å². The van der Waals surface area contributed by atoms with Crippen molar-refractivity contribution in [3.8, 4) is 5.13 Å². The number of hydrogen-bond acceptors (Lipinski definition) is 6. The third-order valence-corrected chi connectivity index (χ3v) is 8.06. The van der Waals surface area contributed by atoms with Gasteiger partial charge in [0.15, 0.2) is 10.3 Å². The number of rotatable bonds is 4. The maximum Gasteiger partial charge on any atom is 0.194 e. The van der Waals surface area contributed by atoms with Crippen molar-refractivity contribution in [2.45, 2.75) is 31.5 Å². The highest BCUT2D eigenvalue weighted by Gasteiger charge is 2.46. The molecule has 0 aliphatic carbocycles. The number of thiazole rings is 1. The van der Waals surface area contributed by atoms with E-state index < -0.39 is 0 Å². The van der Waals surface area contributed by atoms with E-state index in [-0.39, 0.29) is 12.1 Å². The number of aliphatic imine (C=N–C) groups is 1. The number of para-hydroxylation sites is 1. The molecule has 1 saturated heterocycles. The molecule has 2 aliphatic rings. The van der Waals surface area contributed by atoms with Crippen LogP contribution >= 0.6 is 23.1 Å². The third kappa shape index (κ3) is 2.80. The van der Waals surface area contributed by atoms with E-state index in [2.05, 4.69) is 70.0 Å². The van der Waals surface area contributed by atoms with E-state index in [4.69, 9.17) is 9.98 Å². The minimum atomic E-state index is -0.00826. The summed E-state index contributed by atoms with van der Waals surface area (Å²) in [6.45, 7) is 2.27. The predicted octanol–water partition coefficient (Wildman–Crippen LogP) is 5.46. The Morgan fingerprint density at radius 3 is 2.80 bits per heavy atom. The molecule has 6 rings (SSSR count). The lowest BCUT2D eigenvalue weighted by Crippen LogP contribution is -2.36. The molecule has 0 unspecified atom stereocenters. The fourth-order valence-corrected chi connectivity index (χ4v) is 6.75. The third-order valence-electron chi connectivity index (χ3n) is 5.90. The van der Waals surface area contributed by atoms with Gasteiger partial charge in [-0.15, -0.1) is 0 Å². The first-order valence-electron chi connectivity index (χ1n) is 10.3. The molecular formula is C23H21N5S2. The lowest BCUT2D eigenvalue weighted by molar-refractivity contribution is 0.249. The second kappa shape index (κ2) is 7.25. The second-order valence-corrected chi connectivity index (χ2v) is 9.60. The number of nitrogens with zero attached hydrogens (tertiary/aromatic N) is 5. The summed E-state index contributed by atoms with van der Waals surface area (Å²) in [6, 6.07) is 19.4. The lowest BCUT2D eigenvalue weighted by atomic mass is 9.99. The number of aromatic nitrogens is 3. The standard InChI is InChI=1S/C23H21N5S2/c1-2-15-14-29-23-26-20(17-9-5-6-12-24-17)21(28(15)23)18-10-7-13-27(18)22-25-16-8-3-4-11-19(16)30-22/h3-13,15,20-21H,2,14H2,1H3/t15-,20-,21+/m0/s1. The van der Waals surface area contributed by atoms with E-state index in [0.717, 1.165) is 33.7 Å². The van der Waals surface area contributed by atoms with Crippen LogP contribution < -0.4 is 0 Å². The molecule has 7 heteroatoms. The van der Waals surface area contributed by atoms with Gasteiger partial charge in [0, 0.05) is 24.2 Å². The van der Waals surface area contributed by atoms with Crippen molar-refractivity contribution < 1.29 is 0 Å². The molecular weight excluding hydrogens is 410 g/mol. The van der Waals surface area contributed by atoms with Crippen molar-refractivity contribution in [3.63, 3.8) is 0 Å². The molecule has 0 N–H and O–H groups in total. The van der Waals surface area contributed by atoms with Crippen LogP contribution in [0.15, 0.2) is 72.0 Å². The molecule has 4 aromatic rings. The van der Waals surface area contributed by atoms with Crippen molar-refractivity contribution in [1.82, 2.24) is 19.4 Å². The number of hydrogen-bond donors (Lipinski definition) is 0. The number of benzene rings is 1. The van der Waals surface area contributed by atoms with Crippen LogP contribution in [0.2, 0.25) is 0 Å². The Balaban J connectivity index is 1.49. The van der Waals surface area contributed by atoms with Gasteiger partial charge in [-0.05, 0) is 42.8 Å². The van der Waals surface area contributed by atoms with Gasteiger partial charge >= 0.3 is 0 Å². The topological polar surface area (TPSA) is 46.3 Å². The molecule has 3 atom stereocenters. The van der Waals surface area contributed by atoms with Crippen LogP contribution in [0.25, 0.3) is 15.3 Å². The summed E-state index contributed by atoms with van der Waals surface area (Å²) in [6.07, 6.45) is 5.11. The molecule has 1 aromatic carbocycles. The molecule has 5 nitrogen and oxygen atoms in total. The Hall–Kier alpha value is -2.64. The van der Waals surface area contributed by atoms with Crippen LogP contribution in [0.1, 0.15) is 36.8 Å². The maximum absolute atomic E-state index is 5.15. The first-order valence-corrected chi connectivity index (χ1v) is 12.1. The van der Waals surface area contributed by atoms with Crippen molar-refractivity contribution >= 4 is 38.5 Å². The zero-order valence-electron chi connectivity index (χ0n) is 16.5. The van der Waals surface area contributed by atoms with Gasteiger partial charge in [0.1, 0.15) is 12.1 Å². The second-order valence-electron chi connectivity index (χ2n) is 7.60. The molecule has 0 bridgehead atoms. The number of amidine groups is 1. The Morgan fingerprint density at radius 1 is 1.07 bits per heavy atom. The van der Waals surface area contributed by atoms with Gasteiger partial charge in [0.2, 0.25) is 0 Å². The normalized spacial score (nSPS) is 23.2. The molecule has 150 valence electrons.